The van der Waals surface area contributed by atoms with E-state index in [9.17, 15) is 9.90 Å². The monoisotopic (exact) mass is 349 g/mol. The first-order valence-corrected chi connectivity index (χ1v) is 8.67. The van der Waals surface area contributed by atoms with Gasteiger partial charge in [-0.2, -0.15) is 5.10 Å². The van der Waals surface area contributed by atoms with Crippen molar-refractivity contribution in [1.82, 2.24) is 14.8 Å². The standard InChI is InChI=1S/C19H15N3O2S/c1-11-5-7-13(8-6-11)22-18-17(12(2)21-22)14(19(23)24)10-15(20-18)16-4-3-9-25-16/h3-10H,1-2H3,(H,23,24). The minimum Gasteiger partial charge on any atom is -0.478 e. The molecular formula is C19H15N3O2S. The van der Waals surface area contributed by atoms with Crippen LogP contribution in [0.5, 0.6) is 0 Å². The molecule has 0 amide bonds. The summed E-state index contributed by atoms with van der Waals surface area (Å²) in [5, 5.41) is 16.8. The van der Waals surface area contributed by atoms with Crippen molar-refractivity contribution in [2.24, 2.45) is 0 Å². The van der Waals surface area contributed by atoms with Crippen LogP contribution in [0.25, 0.3) is 27.3 Å². The first-order valence-electron chi connectivity index (χ1n) is 7.79. The molecule has 1 aromatic carbocycles. The van der Waals surface area contributed by atoms with Crippen LogP contribution in [-0.2, 0) is 0 Å². The maximum Gasteiger partial charge on any atom is 0.336 e. The molecule has 0 saturated heterocycles. The number of pyridine rings is 1. The first kappa shape index (κ1) is 15.5. The van der Waals surface area contributed by atoms with Gasteiger partial charge in [-0.25, -0.2) is 14.5 Å². The molecule has 0 aliphatic carbocycles. The van der Waals surface area contributed by atoms with E-state index in [1.165, 1.54) is 11.3 Å². The molecule has 0 radical (unpaired) electrons. The third kappa shape index (κ3) is 2.60. The van der Waals surface area contributed by atoms with E-state index in [0.717, 1.165) is 16.1 Å². The number of aromatic carboxylic acids is 1. The Kier molecular flexibility index (Phi) is 3.62. The predicted octanol–water partition coefficient (Wildman–Crippen LogP) is 4.46. The number of nitrogens with zero attached hydrogens (tertiary/aromatic N) is 3. The number of carboxylic acids is 1. The number of hydrogen-bond donors (Lipinski definition) is 1. The normalized spacial score (nSPS) is 11.1. The van der Waals surface area contributed by atoms with Crippen molar-refractivity contribution in [2.45, 2.75) is 13.8 Å². The second kappa shape index (κ2) is 5.82. The molecule has 0 bridgehead atoms. The van der Waals surface area contributed by atoms with Gasteiger partial charge in [-0.05, 0) is 43.5 Å². The summed E-state index contributed by atoms with van der Waals surface area (Å²) in [6, 6.07) is 13.4. The van der Waals surface area contributed by atoms with Crippen molar-refractivity contribution < 1.29 is 9.90 Å². The molecule has 124 valence electrons. The number of carboxylic acid groups (broad SMARTS) is 1. The average molecular weight is 349 g/mol. The number of hydrogen-bond acceptors (Lipinski definition) is 4. The van der Waals surface area contributed by atoms with Gasteiger partial charge in [-0.1, -0.05) is 23.8 Å². The van der Waals surface area contributed by atoms with Crippen molar-refractivity contribution in [2.75, 3.05) is 0 Å². The Labute approximate surface area is 148 Å². The van der Waals surface area contributed by atoms with E-state index >= 15 is 0 Å². The molecule has 0 fully saturated rings. The van der Waals surface area contributed by atoms with Crippen molar-refractivity contribution in [3.8, 4) is 16.3 Å². The molecule has 1 N–H and O–H groups in total. The van der Waals surface area contributed by atoms with Crippen LogP contribution in [-0.4, -0.2) is 25.8 Å². The van der Waals surface area contributed by atoms with Crippen molar-refractivity contribution >= 4 is 28.3 Å². The predicted molar refractivity (Wildman–Crippen MR) is 98.6 cm³/mol. The van der Waals surface area contributed by atoms with Crippen LogP contribution in [0, 0.1) is 13.8 Å². The maximum atomic E-state index is 11.8. The van der Waals surface area contributed by atoms with Gasteiger partial charge >= 0.3 is 5.97 Å². The Morgan fingerprint density at radius 3 is 2.56 bits per heavy atom. The zero-order valence-corrected chi connectivity index (χ0v) is 14.5. The number of thiophene rings is 1. The molecule has 3 aromatic heterocycles. The van der Waals surface area contributed by atoms with E-state index in [4.69, 9.17) is 4.98 Å². The third-order valence-corrected chi connectivity index (χ3v) is 4.99. The number of rotatable bonds is 3. The Balaban J connectivity index is 2.05. The molecule has 3 heterocycles. The quantitative estimate of drug-likeness (QED) is 0.593. The Morgan fingerprint density at radius 1 is 1.16 bits per heavy atom. The van der Waals surface area contributed by atoms with Gasteiger partial charge in [0.2, 0.25) is 0 Å². The third-order valence-electron chi connectivity index (χ3n) is 4.10. The lowest BCUT2D eigenvalue weighted by atomic mass is 10.1. The van der Waals surface area contributed by atoms with Crippen LogP contribution < -0.4 is 0 Å². The molecule has 4 rings (SSSR count). The minimum absolute atomic E-state index is 0.226. The molecule has 0 aliphatic heterocycles. The summed E-state index contributed by atoms with van der Waals surface area (Å²) in [4.78, 5) is 17.5. The zero-order chi connectivity index (χ0) is 17.6. The molecule has 6 heteroatoms. The molecule has 4 aromatic rings. The summed E-state index contributed by atoms with van der Waals surface area (Å²) in [6.07, 6.45) is 0. The topological polar surface area (TPSA) is 68.0 Å². The Morgan fingerprint density at radius 2 is 1.92 bits per heavy atom. The Hall–Kier alpha value is -2.99. The summed E-state index contributed by atoms with van der Waals surface area (Å²) >= 11 is 1.53. The van der Waals surface area contributed by atoms with Gasteiger partial charge in [-0.15, -0.1) is 11.3 Å². The Bertz CT molecular complexity index is 1080. The van der Waals surface area contributed by atoms with Gasteiger partial charge < -0.3 is 5.11 Å². The molecule has 0 atom stereocenters. The van der Waals surface area contributed by atoms with Crippen LogP contribution in [0.1, 0.15) is 21.6 Å². The van der Waals surface area contributed by atoms with E-state index in [2.05, 4.69) is 5.10 Å². The first-order chi connectivity index (χ1) is 12.0. The molecule has 0 aliphatic rings. The van der Waals surface area contributed by atoms with Crippen LogP contribution in [0.15, 0.2) is 47.8 Å². The molecule has 0 saturated carbocycles. The van der Waals surface area contributed by atoms with Crippen molar-refractivity contribution in [1.29, 1.82) is 0 Å². The van der Waals surface area contributed by atoms with E-state index in [-0.39, 0.29) is 5.56 Å². The van der Waals surface area contributed by atoms with Gasteiger partial charge in [0, 0.05) is 0 Å². The molecular weight excluding hydrogens is 334 g/mol. The number of carbonyl (C=O) groups is 1. The van der Waals surface area contributed by atoms with Crippen LogP contribution in [0.3, 0.4) is 0 Å². The fourth-order valence-electron chi connectivity index (χ4n) is 2.87. The van der Waals surface area contributed by atoms with E-state index in [0.29, 0.717) is 22.4 Å². The van der Waals surface area contributed by atoms with Crippen LogP contribution in [0.2, 0.25) is 0 Å². The lowest BCUT2D eigenvalue weighted by molar-refractivity contribution is 0.0699. The lowest BCUT2D eigenvalue weighted by Crippen LogP contribution is -2.02. The number of fused-ring (bicyclic) bond motifs is 1. The highest BCUT2D eigenvalue weighted by molar-refractivity contribution is 7.13. The number of aromatic nitrogens is 3. The molecule has 25 heavy (non-hydrogen) atoms. The van der Waals surface area contributed by atoms with Crippen molar-refractivity contribution in [3.63, 3.8) is 0 Å². The summed E-state index contributed by atoms with van der Waals surface area (Å²) in [5.41, 5.74) is 4.09. The number of benzene rings is 1. The largest absolute Gasteiger partial charge is 0.478 e. The van der Waals surface area contributed by atoms with Gasteiger partial charge in [0.05, 0.1) is 32.9 Å². The highest BCUT2D eigenvalue weighted by Crippen LogP contribution is 2.30. The summed E-state index contributed by atoms with van der Waals surface area (Å²) in [6.45, 7) is 3.83. The maximum absolute atomic E-state index is 11.8. The van der Waals surface area contributed by atoms with Gasteiger partial charge in [-0.3, -0.25) is 0 Å². The van der Waals surface area contributed by atoms with E-state index in [1.807, 2.05) is 55.6 Å². The lowest BCUT2D eigenvalue weighted by Gasteiger charge is -2.06. The number of aryl methyl sites for hydroxylation is 2. The molecule has 0 unspecified atom stereocenters. The average Bonchev–Trinajstić information content (AvgIpc) is 3.23. The summed E-state index contributed by atoms with van der Waals surface area (Å²) < 4.78 is 1.72. The van der Waals surface area contributed by atoms with E-state index in [1.54, 1.807) is 10.7 Å². The summed E-state index contributed by atoms with van der Waals surface area (Å²) in [5.74, 6) is -0.975. The second-order valence-electron chi connectivity index (χ2n) is 5.87. The smallest absolute Gasteiger partial charge is 0.336 e. The molecule has 5 nitrogen and oxygen atoms in total. The van der Waals surface area contributed by atoms with Gasteiger partial charge in [0.25, 0.3) is 0 Å². The summed E-state index contributed by atoms with van der Waals surface area (Å²) in [7, 11) is 0. The highest BCUT2D eigenvalue weighted by Gasteiger charge is 2.20. The second-order valence-corrected chi connectivity index (χ2v) is 6.82. The minimum atomic E-state index is -0.975. The zero-order valence-electron chi connectivity index (χ0n) is 13.7. The highest BCUT2D eigenvalue weighted by atomic mass is 32.1. The SMILES string of the molecule is Cc1ccc(-n2nc(C)c3c(C(=O)O)cc(-c4cccs4)nc32)cc1. The van der Waals surface area contributed by atoms with Crippen LogP contribution in [0.4, 0.5) is 0 Å². The fourth-order valence-corrected chi connectivity index (χ4v) is 3.56. The van der Waals surface area contributed by atoms with Gasteiger partial charge in [0.1, 0.15) is 0 Å². The van der Waals surface area contributed by atoms with Crippen molar-refractivity contribution in [3.05, 3.63) is 64.7 Å². The van der Waals surface area contributed by atoms with E-state index < -0.39 is 5.97 Å². The fraction of sp³-hybridized carbons (Fsp3) is 0.105. The molecule has 0 spiro atoms. The van der Waals surface area contributed by atoms with Gasteiger partial charge in [0.15, 0.2) is 5.65 Å². The van der Waals surface area contributed by atoms with Crippen LogP contribution >= 0.6 is 11.3 Å².